The number of pyridine rings is 1. The molecule has 0 radical (unpaired) electrons. The maximum Gasteiger partial charge on any atom is 0.0406 e. The van der Waals surface area contributed by atoms with Crippen LogP contribution in [0.5, 0.6) is 0 Å². The van der Waals surface area contributed by atoms with E-state index in [9.17, 15) is 0 Å². The third-order valence-electron chi connectivity index (χ3n) is 3.19. The summed E-state index contributed by atoms with van der Waals surface area (Å²) < 4.78 is 0. The summed E-state index contributed by atoms with van der Waals surface area (Å²) in [6.07, 6.45) is 3.66. The van der Waals surface area contributed by atoms with Gasteiger partial charge in [0.25, 0.3) is 0 Å². The third-order valence-corrected chi connectivity index (χ3v) is 3.45. The van der Waals surface area contributed by atoms with Crippen molar-refractivity contribution in [1.82, 2.24) is 9.88 Å². The highest BCUT2D eigenvalue weighted by molar-refractivity contribution is 6.30. The van der Waals surface area contributed by atoms with Gasteiger partial charge in [-0.3, -0.25) is 9.88 Å². The minimum absolute atomic E-state index is 0.357. The average Bonchev–Trinajstić information content (AvgIpc) is 2.40. The van der Waals surface area contributed by atoms with Crippen LogP contribution in [-0.4, -0.2) is 16.9 Å². The maximum absolute atomic E-state index is 5.91. The fraction of sp³-hybridized carbons (Fsp3) is 0.267. The molecule has 1 aromatic heterocycles. The second-order valence-electron chi connectivity index (χ2n) is 4.50. The molecule has 0 saturated heterocycles. The van der Waals surface area contributed by atoms with Crippen molar-refractivity contribution in [3.8, 4) is 0 Å². The minimum atomic E-state index is 0.357. The van der Waals surface area contributed by atoms with Gasteiger partial charge in [-0.15, -0.1) is 0 Å². The molecular weight excluding hydrogens is 244 g/mol. The monoisotopic (exact) mass is 260 g/mol. The Morgan fingerprint density at radius 2 is 1.72 bits per heavy atom. The van der Waals surface area contributed by atoms with Crippen LogP contribution in [-0.2, 0) is 6.54 Å². The summed E-state index contributed by atoms with van der Waals surface area (Å²) in [5.74, 6) is 0. The first-order valence-corrected chi connectivity index (χ1v) is 6.39. The van der Waals surface area contributed by atoms with Crippen molar-refractivity contribution in [3.63, 3.8) is 0 Å². The summed E-state index contributed by atoms with van der Waals surface area (Å²) in [5.41, 5.74) is 2.55. The lowest BCUT2D eigenvalue weighted by molar-refractivity contribution is 0.253. The van der Waals surface area contributed by atoms with Crippen LogP contribution in [0.1, 0.15) is 24.1 Å². The average molecular weight is 261 g/mol. The zero-order valence-electron chi connectivity index (χ0n) is 10.7. The number of benzene rings is 1. The predicted octanol–water partition coefficient (Wildman–Crippen LogP) is 3.93. The van der Waals surface area contributed by atoms with E-state index in [1.165, 1.54) is 11.1 Å². The first-order chi connectivity index (χ1) is 8.66. The van der Waals surface area contributed by atoms with Crippen LogP contribution < -0.4 is 0 Å². The van der Waals surface area contributed by atoms with E-state index in [1.807, 2.05) is 36.7 Å². The van der Waals surface area contributed by atoms with Crippen molar-refractivity contribution in [2.24, 2.45) is 0 Å². The molecule has 0 bridgehead atoms. The predicted molar refractivity (Wildman–Crippen MR) is 75.6 cm³/mol. The molecule has 2 nitrogen and oxygen atoms in total. The molecule has 0 N–H and O–H groups in total. The van der Waals surface area contributed by atoms with E-state index < -0.39 is 0 Å². The van der Waals surface area contributed by atoms with Crippen molar-refractivity contribution >= 4 is 11.6 Å². The Bertz CT molecular complexity index is 482. The maximum atomic E-state index is 5.91. The van der Waals surface area contributed by atoms with E-state index in [4.69, 9.17) is 11.6 Å². The standard InChI is InChI=1S/C15H17ClN2/c1-12(14-3-5-15(16)6-4-14)18(2)11-13-7-9-17-10-8-13/h3-10,12H,11H2,1-2H3/t12-/m0/s1. The second kappa shape index (κ2) is 5.98. The van der Waals surface area contributed by atoms with Gasteiger partial charge in [-0.05, 0) is 49.4 Å². The van der Waals surface area contributed by atoms with E-state index in [0.717, 1.165) is 11.6 Å². The molecule has 0 saturated carbocycles. The molecule has 1 heterocycles. The highest BCUT2D eigenvalue weighted by atomic mass is 35.5. The van der Waals surface area contributed by atoms with Gasteiger partial charge in [-0.25, -0.2) is 0 Å². The Hall–Kier alpha value is -1.38. The molecule has 2 aromatic rings. The zero-order valence-corrected chi connectivity index (χ0v) is 11.4. The fourth-order valence-corrected chi connectivity index (χ4v) is 2.03. The Morgan fingerprint density at radius 1 is 1.11 bits per heavy atom. The lowest BCUT2D eigenvalue weighted by Crippen LogP contribution is -2.21. The normalized spacial score (nSPS) is 12.7. The first kappa shape index (κ1) is 13.1. The van der Waals surface area contributed by atoms with Gasteiger partial charge in [-0.1, -0.05) is 23.7 Å². The van der Waals surface area contributed by atoms with Crippen LogP contribution in [0.15, 0.2) is 48.8 Å². The quantitative estimate of drug-likeness (QED) is 0.828. The molecule has 0 amide bonds. The van der Waals surface area contributed by atoms with Crippen LogP contribution in [0.4, 0.5) is 0 Å². The molecule has 18 heavy (non-hydrogen) atoms. The largest absolute Gasteiger partial charge is 0.295 e. The SMILES string of the molecule is C[C@@H](c1ccc(Cl)cc1)N(C)Cc1ccncc1. The van der Waals surface area contributed by atoms with Crippen LogP contribution in [0.3, 0.4) is 0 Å². The van der Waals surface area contributed by atoms with E-state index in [0.29, 0.717) is 6.04 Å². The Labute approximate surface area is 113 Å². The van der Waals surface area contributed by atoms with Gasteiger partial charge in [0.05, 0.1) is 0 Å². The molecule has 0 fully saturated rings. The molecule has 94 valence electrons. The van der Waals surface area contributed by atoms with Gasteiger partial charge in [0, 0.05) is 30.0 Å². The molecule has 0 aliphatic heterocycles. The number of nitrogens with zero attached hydrogens (tertiary/aromatic N) is 2. The van der Waals surface area contributed by atoms with Crippen molar-refractivity contribution < 1.29 is 0 Å². The van der Waals surface area contributed by atoms with Crippen LogP contribution in [0, 0.1) is 0 Å². The summed E-state index contributed by atoms with van der Waals surface area (Å²) in [6.45, 7) is 3.11. The van der Waals surface area contributed by atoms with Crippen molar-refractivity contribution in [2.45, 2.75) is 19.5 Å². The third kappa shape index (κ3) is 3.31. The highest BCUT2D eigenvalue weighted by Crippen LogP contribution is 2.22. The lowest BCUT2D eigenvalue weighted by Gasteiger charge is -2.25. The number of rotatable bonds is 4. The zero-order chi connectivity index (χ0) is 13.0. The Morgan fingerprint density at radius 3 is 2.33 bits per heavy atom. The molecule has 3 heteroatoms. The second-order valence-corrected chi connectivity index (χ2v) is 4.93. The molecular formula is C15H17ClN2. The Kier molecular flexibility index (Phi) is 4.34. The van der Waals surface area contributed by atoms with Crippen molar-refractivity contribution in [1.29, 1.82) is 0 Å². The molecule has 0 aliphatic rings. The van der Waals surface area contributed by atoms with Crippen LogP contribution in [0.25, 0.3) is 0 Å². The van der Waals surface area contributed by atoms with Gasteiger partial charge in [0.1, 0.15) is 0 Å². The van der Waals surface area contributed by atoms with E-state index in [1.54, 1.807) is 0 Å². The Balaban J connectivity index is 2.05. The highest BCUT2D eigenvalue weighted by Gasteiger charge is 2.11. The summed E-state index contributed by atoms with van der Waals surface area (Å²) in [5, 5.41) is 0.780. The molecule has 0 aliphatic carbocycles. The van der Waals surface area contributed by atoms with E-state index >= 15 is 0 Å². The summed E-state index contributed by atoms with van der Waals surface area (Å²) in [6, 6.07) is 12.5. The van der Waals surface area contributed by atoms with Gasteiger partial charge < -0.3 is 0 Å². The van der Waals surface area contributed by atoms with Crippen molar-refractivity contribution in [3.05, 3.63) is 64.9 Å². The molecule has 0 spiro atoms. The fourth-order valence-electron chi connectivity index (χ4n) is 1.91. The van der Waals surface area contributed by atoms with Crippen molar-refractivity contribution in [2.75, 3.05) is 7.05 Å². The topological polar surface area (TPSA) is 16.1 Å². The summed E-state index contributed by atoms with van der Waals surface area (Å²) >= 11 is 5.91. The smallest absolute Gasteiger partial charge is 0.0406 e. The summed E-state index contributed by atoms with van der Waals surface area (Å²) in [4.78, 5) is 6.34. The molecule has 1 aromatic carbocycles. The number of hydrogen-bond acceptors (Lipinski definition) is 2. The van der Waals surface area contributed by atoms with E-state index in [-0.39, 0.29) is 0 Å². The van der Waals surface area contributed by atoms with Crippen LogP contribution >= 0.6 is 11.6 Å². The minimum Gasteiger partial charge on any atom is -0.295 e. The molecule has 0 unspecified atom stereocenters. The van der Waals surface area contributed by atoms with E-state index in [2.05, 4.69) is 36.0 Å². The van der Waals surface area contributed by atoms with Crippen LogP contribution in [0.2, 0.25) is 5.02 Å². The van der Waals surface area contributed by atoms with Gasteiger partial charge in [0.15, 0.2) is 0 Å². The molecule has 1 atom stereocenters. The van der Waals surface area contributed by atoms with Gasteiger partial charge in [0.2, 0.25) is 0 Å². The number of hydrogen-bond donors (Lipinski definition) is 0. The van der Waals surface area contributed by atoms with Gasteiger partial charge in [-0.2, -0.15) is 0 Å². The lowest BCUT2D eigenvalue weighted by atomic mass is 10.1. The van der Waals surface area contributed by atoms with Gasteiger partial charge >= 0.3 is 0 Å². The molecule has 2 rings (SSSR count). The number of aromatic nitrogens is 1. The summed E-state index contributed by atoms with van der Waals surface area (Å²) in [7, 11) is 2.12. The first-order valence-electron chi connectivity index (χ1n) is 6.01. The number of halogens is 1.